The van der Waals surface area contributed by atoms with Crippen molar-refractivity contribution in [3.8, 4) is 0 Å². The van der Waals surface area contributed by atoms with Crippen molar-refractivity contribution in [2.45, 2.75) is 70.1 Å². The van der Waals surface area contributed by atoms with Gasteiger partial charge >= 0.3 is 8.80 Å². The van der Waals surface area contributed by atoms with Gasteiger partial charge in [0.05, 0.1) is 0 Å². The lowest BCUT2D eigenvalue weighted by molar-refractivity contribution is 0.0561. The second kappa shape index (κ2) is 9.74. The van der Waals surface area contributed by atoms with E-state index in [9.17, 15) is 0 Å². The molecule has 0 aromatic heterocycles. The van der Waals surface area contributed by atoms with E-state index in [4.69, 9.17) is 13.3 Å². The molecule has 3 atom stereocenters. The normalized spacial score (nSPS) is 30.3. The quantitative estimate of drug-likeness (QED) is 0.235. The average Bonchev–Trinajstić information content (AvgIpc) is 3.11. The van der Waals surface area contributed by atoms with Crippen molar-refractivity contribution < 1.29 is 13.3 Å². The Morgan fingerprint density at radius 3 is 2.22 bits per heavy atom. The van der Waals surface area contributed by atoms with Crippen molar-refractivity contribution >= 4 is 40.2 Å². The van der Waals surface area contributed by atoms with Gasteiger partial charge in [-0.25, -0.2) is 0 Å². The standard InChI is InChI=1S/C16H32O3S3Si/c1-5-11-20-22-21-16-10-9-14(13-16)12-15(16)23(17-6-2,18-7-3)19-8-4/h14-15H,5-13H2,1-4H3. The molecule has 2 aliphatic rings. The summed E-state index contributed by atoms with van der Waals surface area (Å²) in [4.78, 5) is 0. The molecule has 2 fully saturated rings. The van der Waals surface area contributed by atoms with Gasteiger partial charge in [-0.2, -0.15) is 0 Å². The smallest absolute Gasteiger partial charge is 0.374 e. The molecular weight excluding hydrogens is 364 g/mol. The van der Waals surface area contributed by atoms with Crippen LogP contribution >= 0.6 is 31.4 Å². The minimum absolute atomic E-state index is 0.307. The molecule has 3 nitrogen and oxygen atoms in total. The van der Waals surface area contributed by atoms with Gasteiger partial charge in [-0.05, 0) is 68.6 Å². The highest BCUT2D eigenvalue weighted by molar-refractivity contribution is 9.09. The molecule has 3 unspecified atom stereocenters. The van der Waals surface area contributed by atoms with Crippen LogP contribution in [0.5, 0.6) is 0 Å². The highest BCUT2D eigenvalue weighted by atomic mass is 33.5. The van der Waals surface area contributed by atoms with Crippen LogP contribution in [-0.2, 0) is 13.3 Å². The van der Waals surface area contributed by atoms with Crippen LogP contribution in [0.4, 0.5) is 0 Å². The molecule has 2 saturated carbocycles. The fourth-order valence-corrected chi connectivity index (χ4v) is 14.0. The van der Waals surface area contributed by atoms with E-state index in [-0.39, 0.29) is 0 Å². The third-order valence-corrected chi connectivity index (χ3v) is 13.9. The molecule has 0 radical (unpaired) electrons. The third kappa shape index (κ3) is 4.66. The average molecular weight is 397 g/mol. The van der Waals surface area contributed by atoms with Crippen molar-refractivity contribution in [3.63, 3.8) is 0 Å². The Morgan fingerprint density at radius 1 is 1.04 bits per heavy atom. The zero-order chi connectivity index (χ0) is 16.8. The Morgan fingerprint density at radius 2 is 1.70 bits per heavy atom. The summed E-state index contributed by atoms with van der Waals surface area (Å²) in [6, 6.07) is 0. The first kappa shape index (κ1) is 20.5. The largest absolute Gasteiger partial charge is 0.505 e. The lowest BCUT2D eigenvalue weighted by Crippen LogP contribution is -2.55. The maximum absolute atomic E-state index is 6.26. The Balaban J connectivity index is 2.15. The maximum Gasteiger partial charge on any atom is 0.505 e. The van der Waals surface area contributed by atoms with Crippen molar-refractivity contribution in [2.24, 2.45) is 5.92 Å². The van der Waals surface area contributed by atoms with Gasteiger partial charge in [0.1, 0.15) is 0 Å². The second-order valence-corrected chi connectivity index (χ2v) is 13.7. The molecule has 0 amide bonds. The zero-order valence-corrected chi connectivity index (χ0v) is 18.4. The van der Waals surface area contributed by atoms with Gasteiger partial charge in [0.25, 0.3) is 0 Å². The summed E-state index contributed by atoms with van der Waals surface area (Å²) in [5.41, 5.74) is 0.466. The SMILES string of the molecule is CCCSSSC12CCC(CC1[Si](OCC)(OCC)OCC)C2. The van der Waals surface area contributed by atoms with Crippen molar-refractivity contribution in [3.05, 3.63) is 0 Å². The van der Waals surface area contributed by atoms with Gasteiger partial charge in [0, 0.05) is 35.9 Å². The molecule has 2 aliphatic carbocycles. The topological polar surface area (TPSA) is 27.7 Å². The van der Waals surface area contributed by atoms with Crippen LogP contribution in [0.25, 0.3) is 0 Å². The van der Waals surface area contributed by atoms with Crippen LogP contribution in [0.15, 0.2) is 0 Å². The Kier molecular flexibility index (Phi) is 8.66. The van der Waals surface area contributed by atoms with E-state index >= 15 is 0 Å². The van der Waals surface area contributed by atoms with E-state index in [0.29, 0.717) is 30.1 Å². The first-order chi connectivity index (χ1) is 11.2. The monoisotopic (exact) mass is 396 g/mol. The number of hydrogen-bond acceptors (Lipinski definition) is 6. The summed E-state index contributed by atoms with van der Waals surface area (Å²) in [5, 5.41) is 0. The molecule has 2 bridgehead atoms. The summed E-state index contributed by atoms with van der Waals surface area (Å²) in [6.07, 6.45) is 6.47. The van der Waals surface area contributed by atoms with Crippen LogP contribution in [0, 0.1) is 5.92 Å². The predicted molar refractivity (Wildman–Crippen MR) is 107 cm³/mol. The summed E-state index contributed by atoms with van der Waals surface area (Å²) in [6.45, 7) is 10.5. The fraction of sp³-hybridized carbons (Fsp3) is 1.00. The van der Waals surface area contributed by atoms with Crippen molar-refractivity contribution in [1.82, 2.24) is 0 Å². The molecule has 0 N–H and O–H groups in total. The molecule has 0 saturated heterocycles. The third-order valence-electron chi connectivity index (χ3n) is 4.81. The van der Waals surface area contributed by atoms with E-state index < -0.39 is 8.80 Å². The highest BCUT2D eigenvalue weighted by Crippen LogP contribution is 2.68. The van der Waals surface area contributed by atoms with Crippen LogP contribution in [-0.4, -0.2) is 39.1 Å². The molecule has 0 spiro atoms. The fourth-order valence-electron chi connectivity index (χ4n) is 4.05. The lowest BCUT2D eigenvalue weighted by atomic mass is 9.99. The van der Waals surface area contributed by atoms with Gasteiger partial charge in [0.15, 0.2) is 0 Å². The summed E-state index contributed by atoms with van der Waals surface area (Å²) >= 11 is 0. The molecule has 0 aromatic carbocycles. The lowest BCUT2D eigenvalue weighted by Gasteiger charge is -2.42. The molecule has 0 heterocycles. The van der Waals surface area contributed by atoms with Crippen LogP contribution in [0.1, 0.15) is 59.8 Å². The van der Waals surface area contributed by atoms with Crippen LogP contribution in [0.3, 0.4) is 0 Å². The minimum Gasteiger partial charge on any atom is -0.374 e. The van der Waals surface area contributed by atoms with Gasteiger partial charge < -0.3 is 13.3 Å². The predicted octanol–water partition coefficient (Wildman–Crippen LogP) is 5.79. The Labute approximate surface area is 154 Å². The molecule has 23 heavy (non-hydrogen) atoms. The number of hydrogen-bond donors (Lipinski definition) is 0. The number of rotatable bonds is 12. The van der Waals surface area contributed by atoms with E-state index in [1.165, 1.54) is 37.9 Å². The maximum atomic E-state index is 6.26. The molecular formula is C16H32O3S3Si. The van der Waals surface area contributed by atoms with Gasteiger partial charge in [0.2, 0.25) is 0 Å². The van der Waals surface area contributed by atoms with Crippen LogP contribution in [0.2, 0.25) is 5.54 Å². The second-order valence-electron chi connectivity index (χ2n) is 6.34. The highest BCUT2D eigenvalue weighted by Gasteiger charge is 2.65. The van der Waals surface area contributed by atoms with Crippen LogP contribution < -0.4 is 0 Å². The minimum atomic E-state index is -2.60. The van der Waals surface area contributed by atoms with Gasteiger partial charge in [-0.3, -0.25) is 0 Å². The van der Waals surface area contributed by atoms with E-state index in [1.54, 1.807) is 0 Å². The molecule has 2 rings (SSSR count). The van der Waals surface area contributed by atoms with Crippen molar-refractivity contribution in [1.29, 1.82) is 0 Å². The first-order valence-corrected chi connectivity index (χ1v) is 14.5. The Bertz CT molecular complexity index is 344. The zero-order valence-electron chi connectivity index (χ0n) is 15.0. The molecule has 0 aliphatic heterocycles. The van der Waals surface area contributed by atoms with E-state index in [0.717, 1.165) is 5.92 Å². The van der Waals surface area contributed by atoms with E-state index in [1.807, 2.05) is 20.6 Å². The summed E-state index contributed by atoms with van der Waals surface area (Å²) < 4.78 is 19.1. The molecule has 7 heteroatoms. The Hall–Kier alpha value is 1.15. The van der Waals surface area contributed by atoms with E-state index in [2.05, 4.69) is 38.5 Å². The number of fused-ring (bicyclic) bond motifs is 2. The summed E-state index contributed by atoms with van der Waals surface area (Å²) in [7, 11) is 3.49. The molecule has 136 valence electrons. The van der Waals surface area contributed by atoms with Gasteiger partial charge in [-0.15, -0.1) is 0 Å². The first-order valence-electron chi connectivity index (χ1n) is 9.05. The van der Waals surface area contributed by atoms with Crippen molar-refractivity contribution in [2.75, 3.05) is 25.6 Å². The summed E-state index contributed by atoms with van der Waals surface area (Å²) in [5.74, 6) is 2.07. The van der Waals surface area contributed by atoms with Gasteiger partial charge in [-0.1, -0.05) is 28.5 Å². The molecule has 0 aromatic rings.